The zero-order valence-electron chi connectivity index (χ0n) is 17.0. The zero-order chi connectivity index (χ0) is 22.3. The minimum atomic E-state index is -1.26. The van der Waals surface area contributed by atoms with Gasteiger partial charge in [-0.25, -0.2) is 9.59 Å². The Morgan fingerprint density at radius 2 is 1.83 bits per heavy atom. The van der Waals surface area contributed by atoms with Crippen LogP contribution in [0.2, 0.25) is 0 Å². The molecule has 2 aromatic rings. The van der Waals surface area contributed by atoms with Gasteiger partial charge in [0.2, 0.25) is 0 Å². The molecule has 160 valence electrons. The van der Waals surface area contributed by atoms with Crippen LogP contribution in [0.15, 0.2) is 48.5 Å². The van der Waals surface area contributed by atoms with Crippen molar-refractivity contribution >= 4 is 17.7 Å². The molecule has 0 bridgehead atoms. The maximum Gasteiger partial charge on any atom is 0.408 e. The average Bonchev–Trinajstić information content (AvgIpc) is 2.64. The standard InChI is InChI=1S/C21H24N2O7/c1-21(2,3)30-20(26)22-17(19(25)29-13-14-7-5-4-6-8-14)12-15-11-16(24)9-10-18(15)23(27)28/h4-11,17,24H,12-13H2,1-3H3,(H,22,26)/t17-/m0/s1. The number of esters is 1. The third-order valence-electron chi connectivity index (χ3n) is 3.88. The van der Waals surface area contributed by atoms with Crippen molar-refractivity contribution in [2.75, 3.05) is 0 Å². The van der Waals surface area contributed by atoms with Crippen LogP contribution in [0, 0.1) is 10.1 Å². The van der Waals surface area contributed by atoms with Gasteiger partial charge in [-0.2, -0.15) is 0 Å². The molecule has 0 radical (unpaired) electrons. The predicted molar refractivity (Wildman–Crippen MR) is 108 cm³/mol. The van der Waals surface area contributed by atoms with Crippen LogP contribution in [-0.4, -0.2) is 33.7 Å². The molecule has 0 aliphatic heterocycles. The number of carbonyl (C=O) groups is 2. The number of nitrogens with one attached hydrogen (secondary N) is 1. The number of nitrogens with zero attached hydrogens (tertiary/aromatic N) is 1. The lowest BCUT2D eigenvalue weighted by molar-refractivity contribution is -0.385. The van der Waals surface area contributed by atoms with Crippen LogP contribution in [0.3, 0.4) is 0 Å². The maximum absolute atomic E-state index is 12.7. The number of ether oxygens (including phenoxy) is 2. The second kappa shape index (κ2) is 9.73. The summed E-state index contributed by atoms with van der Waals surface area (Å²) in [5.41, 5.74) is -0.290. The van der Waals surface area contributed by atoms with Gasteiger partial charge in [0.1, 0.15) is 24.0 Å². The summed E-state index contributed by atoms with van der Waals surface area (Å²) in [6.07, 6.45) is -1.13. The van der Waals surface area contributed by atoms with Gasteiger partial charge in [-0.15, -0.1) is 0 Å². The molecule has 1 atom stereocenters. The van der Waals surface area contributed by atoms with Crippen molar-refractivity contribution in [3.8, 4) is 5.75 Å². The van der Waals surface area contributed by atoms with E-state index in [0.717, 1.165) is 11.6 Å². The summed E-state index contributed by atoms with van der Waals surface area (Å²) in [5.74, 6) is -0.994. The highest BCUT2D eigenvalue weighted by Gasteiger charge is 2.28. The molecule has 9 heteroatoms. The van der Waals surface area contributed by atoms with Gasteiger partial charge in [-0.3, -0.25) is 10.1 Å². The second-order valence-electron chi connectivity index (χ2n) is 7.57. The number of nitro benzene ring substituents is 1. The molecule has 0 spiro atoms. The highest BCUT2D eigenvalue weighted by atomic mass is 16.6. The molecule has 2 N–H and O–H groups in total. The minimum absolute atomic E-state index is 0.0334. The number of carbonyl (C=O) groups excluding carboxylic acids is 2. The van der Waals surface area contributed by atoms with Gasteiger partial charge in [0.25, 0.3) is 5.69 Å². The number of aromatic hydroxyl groups is 1. The number of alkyl carbamates (subject to hydrolysis) is 1. The molecule has 2 rings (SSSR count). The molecule has 0 aliphatic rings. The number of phenols is 1. The van der Waals surface area contributed by atoms with Crippen LogP contribution in [0.4, 0.5) is 10.5 Å². The number of rotatable bonds is 7. The lowest BCUT2D eigenvalue weighted by Crippen LogP contribution is -2.45. The van der Waals surface area contributed by atoms with E-state index in [-0.39, 0.29) is 30.0 Å². The Bertz CT molecular complexity index is 907. The summed E-state index contributed by atoms with van der Waals surface area (Å²) in [7, 11) is 0. The van der Waals surface area contributed by atoms with Crippen molar-refractivity contribution in [2.24, 2.45) is 0 Å². The highest BCUT2D eigenvalue weighted by molar-refractivity contribution is 5.82. The summed E-state index contributed by atoms with van der Waals surface area (Å²) in [5, 5.41) is 23.4. The molecule has 0 fully saturated rings. The van der Waals surface area contributed by atoms with E-state index in [1.54, 1.807) is 45.0 Å². The first-order valence-corrected chi connectivity index (χ1v) is 9.21. The highest BCUT2D eigenvalue weighted by Crippen LogP contribution is 2.25. The molecule has 9 nitrogen and oxygen atoms in total. The van der Waals surface area contributed by atoms with E-state index >= 15 is 0 Å². The van der Waals surface area contributed by atoms with E-state index in [1.807, 2.05) is 6.07 Å². The first-order valence-electron chi connectivity index (χ1n) is 9.21. The molecule has 0 unspecified atom stereocenters. The largest absolute Gasteiger partial charge is 0.508 e. The predicted octanol–water partition coefficient (Wildman–Crippen LogP) is 3.48. The summed E-state index contributed by atoms with van der Waals surface area (Å²) in [6.45, 7) is 4.95. The minimum Gasteiger partial charge on any atom is -0.508 e. The smallest absolute Gasteiger partial charge is 0.408 e. The van der Waals surface area contributed by atoms with E-state index in [2.05, 4.69) is 5.32 Å². The first kappa shape index (κ1) is 22.7. The Labute approximate surface area is 173 Å². The van der Waals surface area contributed by atoms with Crippen molar-refractivity contribution in [2.45, 2.75) is 45.4 Å². The van der Waals surface area contributed by atoms with Gasteiger partial charge in [0, 0.05) is 18.1 Å². The number of hydrogen-bond donors (Lipinski definition) is 2. The van der Waals surface area contributed by atoms with Gasteiger partial charge in [-0.05, 0) is 38.5 Å². The van der Waals surface area contributed by atoms with Crippen molar-refractivity contribution in [3.63, 3.8) is 0 Å². The van der Waals surface area contributed by atoms with Crippen molar-refractivity contribution < 1.29 is 29.1 Å². The molecule has 2 aromatic carbocycles. The normalized spacial score (nSPS) is 12.0. The Morgan fingerprint density at radius 3 is 2.43 bits per heavy atom. The van der Waals surface area contributed by atoms with Crippen LogP contribution >= 0.6 is 0 Å². The van der Waals surface area contributed by atoms with Gasteiger partial charge in [-0.1, -0.05) is 30.3 Å². The third kappa shape index (κ3) is 7.08. The van der Waals surface area contributed by atoms with Crippen LogP contribution < -0.4 is 5.32 Å². The molecular weight excluding hydrogens is 392 g/mol. The monoisotopic (exact) mass is 416 g/mol. The third-order valence-corrected chi connectivity index (χ3v) is 3.88. The molecular formula is C21H24N2O7. The van der Waals surface area contributed by atoms with Crippen LogP contribution in [-0.2, 0) is 27.3 Å². The fourth-order valence-corrected chi connectivity index (χ4v) is 2.61. The van der Waals surface area contributed by atoms with Gasteiger partial charge in [0.15, 0.2) is 0 Å². The Morgan fingerprint density at radius 1 is 1.17 bits per heavy atom. The second-order valence-corrected chi connectivity index (χ2v) is 7.57. The quantitative estimate of drug-likeness (QED) is 0.402. The van der Waals surface area contributed by atoms with Gasteiger partial charge >= 0.3 is 12.1 Å². The van der Waals surface area contributed by atoms with Crippen molar-refractivity contribution in [1.82, 2.24) is 5.32 Å². The Hall–Kier alpha value is -3.62. The lowest BCUT2D eigenvalue weighted by atomic mass is 10.0. The zero-order valence-corrected chi connectivity index (χ0v) is 17.0. The summed E-state index contributed by atoms with van der Waals surface area (Å²) < 4.78 is 10.5. The molecule has 0 saturated heterocycles. The van der Waals surface area contributed by atoms with E-state index < -0.39 is 28.6 Å². The number of nitro groups is 1. The maximum atomic E-state index is 12.7. The number of phenolic OH excluding ortho intramolecular Hbond substituents is 1. The Balaban J connectivity index is 2.22. The van der Waals surface area contributed by atoms with Crippen LogP contribution in [0.5, 0.6) is 5.75 Å². The molecule has 0 aromatic heterocycles. The van der Waals surface area contributed by atoms with E-state index in [0.29, 0.717) is 0 Å². The molecule has 30 heavy (non-hydrogen) atoms. The van der Waals surface area contributed by atoms with Crippen molar-refractivity contribution in [3.05, 3.63) is 69.8 Å². The number of hydrogen-bond acceptors (Lipinski definition) is 7. The molecule has 0 heterocycles. The first-order chi connectivity index (χ1) is 14.0. The van der Waals surface area contributed by atoms with Gasteiger partial charge < -0.3 is 19.9 Å². The summed E-state index contributed by atoms with van der Waals surface area (Å²) >= 11 is 0. The SMILES string of the molecule is CC(C)(C)OC(=O)N[C@@H](Cc1cc(O)ccc1[N+](=O)[O-])C(=O)OCc1ccccc1. The Kier molecular flexibility index (Phi) is 7.35. The molecule has 0 aliphatic carbocycles. The fourth-order valence-electron chi connectivity index (χ4n) is 2.61. The molecule has 0 saturated carbocycles. The lowest BCUT2D eigenvalue weighted by Gasteiger charge is -2.23. The summed E-state index contributed by atoms with van der Waals surface area (Å²) in [4.78, 5) is 35.5. The number of amides is 1. The fraction of sp³-hybridized carbons (Fsp3) is 0.333. The molecule has 1 amide bonds. The van der Waals surface area contributed by atoms with E-state index in [9.17, 15) is 24.8 Å². The van der Waals surface area contributed by atoms with Crippen LogP contribution in [0.25, 0.3) is 0 Å². The van der Waals surface area contributed by atoms with E-state index in [1.165, 1.54) is 12.1 Å². The number of benzene rings is 2. The summed E-state index contributed by atoms with van der Waals surface area (Å²) in [6, 6.07) is 11.1. The topological polar surface area (TPSA) is 128 Å². The van der Waals surface area contributed by atoms with E-state index in [4.69, 9.17) is 9.47 Å². The van der Waals surface area contributed by atoms with Gasteiger partial charge in [0.05, 0.1) is 4.92 Å². The average molecular weight is 416 g/mol. The van der Waals surface area contributed by atoms with Crippen LogP contribution in [0.1, 0.15) is 31.9 Å². The van der Waals surface area contributed by atoms with Crippen molar-refractivity contribution in [1.29, 1.82) is 0 Å².